The highest BCUT2D eigenvalue weighted by atomic mass is 32.1. The third-order valence-corrected chi connectivity index (χ3v) is 7.19. The molecule has 0 amide bonds. The van der Waals surface area contributed by atoms with Gasteiger partial charge >= 0.3 is 0 Å². The average Bonchev–Trinajstić information content (AvgIpc) is 3.26. The van der Waals surface area contributed by atoms with Gasteiger partial charge in [0.05, 0.1) is 18.3 Å². The Morgan fingerprint density at radius 2 is 2.03 bits per heavy atom. The Balaban J connectivity index is 1.64. The first-order chi connectivity index (χ1) is 15.0. The molecule has 0 spiro atoms. The van der Waals surface area contributed by atoms with Crippen LogP contribution in [0, 0.1) is 5.92 Å². The normalized spacial score (nSPS) is 18.0. The molecule has 2 unspecified atom stereocenters. The van der Waals surface area contributed by atoms with Crippen LogP contribution in [0.5, 0.6) is 0 Å². The van der Waals surface area contributed by atoms with E-state index in [4.69, 9.17) is 9.72 Å². The minimum absolute atomic E-state index is 0.0281. The quantitative estimate of drug-likeness (QED) is 0.486. The highest BCUT2D eigenvalue weighted by molar-refractivity contribution is 7.09. The molecule has 7 heteroatoms. The number of nitrogens with zero attached hydrogens (tertiary/aromatic N) is 4. The zero-order valence-corrected chi connectivity index (χ0v) is 20.4. The lowest BCUT2D eigenvalue weighted by Crippen LogP contribution is -2.45. The Kier molecular flexibility index (Phi) is 8.87. The molecule has 3 rings (SSSR count). The molecule has 1 saturated heterocycles. The molecule has 2 heterocycles. The third-order valence-electron chi connectivity index (χ3n) is 6.14. The van der Waals surface area contributed by atoms with Gasteiger partial charge in [0.1, 0.15) is 11.1 Å². The molecular formula is C24H37N5OS. The van der Waals surface area contributed by atoms with Crippen LogP contribution in [0.25, 0.3) is 0 Å². The topological polar surface area (TPSA) is 53.0 Å². The maximum absolute atomic E-state index is 5.39. The number of hydrogen-bond donors (Lipinski definition) is 1. The van der Waals surface area contributed by atoms with Crippen molar-refractivity contribution in [3.8, 4) is 0 Å². The van der Waals surface area contributed by atoms with Crippen molar-refractivity contribution >= 4 is 17.3 Å². The van der Waals surface area contributed by atoms with Gasteiger partial charge in [-0.1, -0.05) is 37.3 Å². The summed E-state index contributed by atoms with van der Waals surface area (Å²) >= 11 is 1.65. The van der Waals surface area contributed by atoms with Crippen LogP contribution < -0.4 is 5.32 Å². The lowest BCUT2D eigenvalue weighted by atomic mass is 9.95. The standard InChI is InChI=1S/C24H37N5OS/c1-18-11-13-29(14-12-18)22(20-9-7-6-8-10-20)15-26-24(25-3)28(4)16-21-17-31-23(27-21)19(2)30-5/h6-10,17-19,22H,11-16H2,1-5H3,(H,25,26). The van der Waals surface area contributed by atoms with Crippen LogP contribution in [0.2, 0.25) is 0 Å². The number of hydrogen-bond acceptors (Lipinski definition) is 5. The number of methoxy groups -OCH3 is 1. The fourth-order valence-corrected chi connectivity index (χ4v) is 4.89. The van der Waals surface area contributed by atoms with Crippen LogP contribution in [-0.2, 0) is 11.3 Å². The summed E-state index contributed by atoms with van der Waals surface area (Å²) in [5, 5.41) is 6.74. The zero-order chi connectivity index (χ0) is 22.2. The van der Waals surface area contributed by atoms with E-state index in [9.17, 15) is 0 Å². The van der Waals surface area contributed by atoms with Crippen molar-refractivity contribution in [1.29, 1.82) is 0 Å². The molecule has 0 radical (unpaired) electrons. The van der Waals surface area contributed by atoms with E-state index in [1.807, 2.05) is 14.0 Å². The summed E-state index contributed by atoms with van der Waals surface area (Å²) in [4.78, 5) is 14.0. The SMILES string of the molecule is CN=C(NCC(c1ccccc1)N1CCC(C)CC1)N(C)Cc1csc(C(C)OC)n1. The fraction of sp³-hybridized carbons (Fsp3) is 0.583. The van der Waals surface area contributed by atoms with Gasteiger partial charge in [-0.05, 0) is 44.3 Å². The highest BCUT2D eigenvalue weighted by Crippen LogP contribution is 2.26. The number of nitrogens with one attached hydrogen (secondary N) is 1. The summed E-state index contributed by atoms with van der Waals surface area (Å²) in [7, 11) is 5.63. The van der Waals surface area contributed by atoms with Crippen molar-refractivity contribution in [2.75, 3.05) is 40.8 Å². The van der Waals surface area contributed by atoms with E-state index in [1.54, 1.807) is 18.4 Å². The van der Waals surface area contributed by atoms with Gasteiger partial charge in [-0.2, -0.15) is 0 Å². The number of ether oxygens (including phenoxy) is 1. The predicted octanol–water partition coefficient (Wildman–Crippen LogP) is 4.33. The van der Waals surface area contributed by atoms with Gasteiger partial charge in [0.15, 0.2) is 5.96 Å². The van der Waals surface area contributed by atoms with Gasteiger partial charge in [0, 0.05) is 33.1 Å². The van der Waals surface area contributed by atoms with Crippen LogP contribution in [0.1, 0.15) is 55.1 Å². The van der Waals surface area contributed by atoms with E-state index < -0.39 is 0 Å². The van der Waals surface area contributed by atoms with Crippen molar-refractivity contribution in [1.82, 2.24) is 20.1 Å². The molecule has 1 N–H and O–H groups in total. The lowest BCUT2D eigenvalue weighted by molar-refractivity contribution is 0.119. The maximum atomic E-state index is 5.39. The summed E-state index contributed by atoms with van der Waals surface area (Å²) in [6.07, 6.45) is 2.56. The maximum Gasteiger partial charge on any atom is 0.193 e. The highest BCUT2D eigenvalue weighted by Gasteiger charge is 2.25. The molecule has 0 bridgehead atoms. The summed E-state index contributed by atoms with van der Waals surface area (Å²) in [5.41, 5.74) is 2.40. The number of guanidine groups is 1. The first-order valence-electron chi connectivity index (χ1n) is 11.2. The number of piperidine rings is 1. The van der Waals surface area contributed by atoms with Crippen molar-refractivity contribution in [3.05, 3.63) is 52.0 Å². The van der Waals surface area contributed by atoms with Gasteiger partial charge in [0.2, 0.25) is 0 Å². The molecule has 170 valence electrons. The number of likely N-dealkylation sites (tertiary alicyclic amines) is 1. The molecule has 1 aromatic heterocycles. The number of aromatic nitrogens is 1. The molecule has 0 saturated carbocycles. The third kappa shape index (κ3) is 6.51. The zero-order valence-electron chi connectivity index (χ0n) is 19.5. The van der Waals surface area contributed by atoms with Crippen molar-refractivity contribution in [3.63, 3.8) is 0 Å². The van der Waals surface area contributed by atoms with Gasteiger partial charge in [-0.15, -0.1) is 11.3 Å². The number of thiazole rings is 1. The minimum atomic E-state index is 0.0281. The van der Waals surface area contributed by atoms with E-state index in [0.29, 0.717) is 12.6 Å². The van der Waals surface area contributed by atoms with Gasteiger partial charge < -0.3 is 15.0 Å². The molecule has 31 heavy (non-hydrogen) atoms. The van der Waals surface area contributed by atoms with E-state index in [1.165, 1.54) is 18.4 Å². The Bertz CT molecular complexity index is 816. The van der Waals surface area contributed by atoms with Crippen molar-refractivity contribution < 1.29 is 4.74 Å². The van der Waals surface area contributed by atoms with Crippen LogP contribution in [0.15, 0.2) is 40.7 Å². The largest absolute Gasteiger partial charge is 0.375 e. The van der Waals surface area contributed by atoms with E-state index >= 15 is 0 Å². The van der Waals surface area contributed by atoms with E-state index in [2.05, 4.69) is 69.8 Å². The van der Waals surface area contributed by atoms with Crippen molar-refractivity contribution in [2.24, 2.45) is 10.9 Å². The molecule has 6 nitrogen and oxygen atoms in total. The van der Waals surface area contributed by atoms with Gasteiger partial charge in [-0.3, -0.25) is 9.89 Å². The second kappa shape index (κ2) is 11.6. The Morgan fingerprint density at radius 1 is 1.32 bits per heavy atom. The van der Waals surface area contributed by atoms with E-state index in [0.717, 1.165) is 42.2 Å². The summed E-state index contributed by atoms with van der Waals surface area (Å²) < 4.78 is 5.39. The Morgan fingerprint density at radius 3 is 2.68 bits per heavy atom. The summed E-state index contributed by atoms with van der Waals surface area (Å²) in [6, 6.07) is 11.2. The smallest absolute Gasteiger partial charge is 0.193 e. The predicted molar refractivity (Wildman–Crippen MR) is 130 cm³/mol. The van der Waals surface area contributed by atoms with Crippen molar-refractivity contribution in [2.45, 2.75) is 45.4 Å². The number of aliphatic imine (C=N–C) groups is 1. The molecule has 1 aromatic carbocycles. The Labute approximate surface area is 191 Å². The van der Waals surface area contributed by atoms with Crippen LogP contribution >= 0.6 is 11.3 Å². The first kappa shape index (κ1) is 23.7. The monoisotopic (exact) mass is 443 g/mol. The summed E-state index contributed by atoms with van der Waals surface area (Å²) in [6.45, 7) is 8.23. The minimum Gasteiger partial charge on any atom is -0.375 e. The summed E-state index contributed by atoms with van der Waals surface area (Å²) in [5.74, 6) is 1.71. The fourth-order valence-electron chi connectivity index (χ4n) is 4.05. The van der Waals surface area contributed by atoms with Crippen LogP contribution in [0.4, 0.5) is 0 Å². The lowest BCUT2D eigenvalue weighted by Gasteiger charge is -2.37. The molecule has 1 aliphatic rings. The molecule has 0 aliphatic carbocycles. The second-order valence-corrected chi connectivity index (χ2v) is 9.37. The van der Waals surface area contributed by atoms with E-state index in [-0.39, 0.29) is 6.10 Å². The molecule has 1 fully saturated rings. The molecule has 2 aromatic rings. The Hall–Kier alpha value is -1.96. The van der Waals surface area contributed by atoms with Crippen LogP contribution in [0.3, 0.4) is 0 Å². The number of benzene rings is 1. The van der Waals surface area contributed by atoms with Gasteiger partial charge in [0.25, 0.3) is 0 Å². The van der Waals surface area contributed by atoms with Crippen LogP contribution in [-0.4, -0.2) is 61.6 Å². The van der Waals surface area contributed by atoms with Gasteiger partial charge in [-0.25, -0.2) is 4.98 Å². The second-order valence-electron chi connectivity index (χ2n) is 8.48. The average molecular weight is 444 g/mol. The number of rotatable bonds is 8. The molecule has 2 atom stereocenters. The molecule has 1 aliphatic heterocycles. The molecular weight excluding hydrogens is 406 g/mol. The first-order valence-corrected chi connectivity index (χ1v) is 12.1.